The minimum atomic E-state index is 0.223. The summed E-state index contributed by atoms with van der Waals surface area (Å²) in [6.07, 6.45) is 3.10. The molecule has 6 nitrogen and oxygen atoms in total. The van der Waals surface area contributed by atoms with Crippen LogP contribution in [0.3, 0.4) is 0 Å². The van der Waals surface area contributed by atoms with E-state index in [9.17, 15) is 4.79 Å². The predicted molar refractivity (Wildman–Crippen MR) is 125 cm³/mol. The van der Waals surface area contributed by atoms with E-state index in [2.05, 4.69) is 4.90 Å². The van der Waals surface area contributed by atoms with Crippen LogP contribution in [0.2, 0.25) is 5.02 Å². The van der Waals surface area contributed by atoms with Gasteiger partial charge < -0.3 is 19.1 Å². The number of hydrogen-bond donors (Lipinski definition) is 0. The number of ether oxygens (including phenoxy) is 3. The van der Waals surface area contributed by atoms with Crippen LogP contribution in [0.4, 0.5) is 0 Å². The number of benzene rings is 2. The summed E-state index contributed by atoms with van der Waals surface area (Å²) >= 11 is 6.45. The van der Waals surface area contributed by atoms with Gasteiger partial charge in [-0.15, -0.1) is 0 Å². The van der Waals surface area contributed by atoms with Crippen molar-refractivity contribution in [2.75, 3.05) is 46.5 Å². The average molecular weight is 459 g/mol. The number of hydrogen-bond acceptors (Lipinski definition) is 5. The van der Waals surface area contributed by atoms with Crippen LogP contribution in [0.25, 0.3) is 0 Å². The van der Waals surface area contributed by atoms with E-state index in [4.69, 9.17) is 25.8 Å². The van der Waals surface area contributed by atoms with Gasteiger partial charge in [0.1, 0.15) is 5.75 Å². The SMILES string of the molecule is COc1ccc(CCC(=O)N2CCCN(Cc3cc(Cl)c4c(c3)OCCCO4)CC2)cc1. The van der Waals surface area contributed by atoms with Crippen molar-refractivity contribution in [3.8, 4) is 17.2 Å². The van der Waals surface area contributed by atoms with Crippen molar-refractivity contribution in [1.29, 1.82) is 0 Å². The molecule has 0 unspecified atom stereocenters. The van der Waals surface area contributed by atoms with Crippen molar-refractivity contribution >= 4 is 17.5 Å². The second-order valence-corrected chi connectivity index (χ2v) is 8.72. The van der Waals surface area contributed by atoms with Gasteiger partial charge in [0.25, 0.3) is 0 Å². The molecule has 0 aromatic heterocycles. The van der Waals surface area contributed by atoms with Crippen molar-refractivity contribution in [2.24, 2.45) is 0 Å². The molecule has 4 rings (SSSR count). The number of nitrogens with zero attached hydrogens (tertiary/aromatic N) is 2. The summed E-state index contributed by atoms with van der Waals surface area (Å²) in [5, 5.41) is 0.601. The molecule has 0 aliphatic carbocycles. The number of rotatable bonds is 6. The van der Waals surface area contributed by atoms with Gasteiger partial charge in [-0.3, -0.25) is 9.69 Å². The molecule has 1 saturated heterocycles. The smallest absolute Gasteiger partial charge is 0.222 e. The highest BCUT2D eigenvalue weighted by Gasteiger charge is 2.21. The quantitative estimate of drug-likeness (QED) is 0.650. The largest absolute Gasteiger partial charge is 0.497 e. The summed E-state index contributed by atoms with van der Waals surface area (Å²) < 4.78 is 16.7. The van der Waals surface area contributed by atoms with E-state index in [0.717, 1.165) is 74.6 Å². The Hall–Kier alpha value is -2.44. The number of methoxy groups -OCH3 is 1. The van der Waals surface area contributed by atoms with Crippen LogP contribution in [-0.2, 0) is 17.8 Å². The summed E-state index contributed by atoms with van der Waals surface area (Å²) in [6.45, 7) is 5.41. The summed E-state index contributed by atoms with van der Waals surface area (Å²) in [4.78, 5) is 17.2. The fourth-order valence-corrected chi connectivity index (χ4v) is 4.50. The Morgan fingerprint density at radius 2 is 1.81 bits per heavy atom. The number of carbonyl (C=O) groups excluding carboxylic acids is 1. The highest BCUT2D eigenvalue weighted by Crippen LogP contribution is 2.38. The maximum Gasteiger partial charge on any atom is 0.222 e. The van der Waals surface area contributed by atoms with E-state index >= 15 is 0 Å². The van der Waals surface area contributed by atoms with Crippen LogP contribution in [-0.4, -0.2) is 62.2 Å². The number of aryl methyl sites for hydroxylation is 1. The summed E-state index contributed by atoms with van der Waals surface area (Å²) in [7, 11) is 1.66. The number of halogens is 1. The normalized spacial score (nSPS) is 16.9. The highest BCUT2D eigenvalue weighted by atomic mass is 35.5. The Kier molecular flexibility index (Phi) is 7.76. The van der Waals surface area contributed by atoms with Crippen molar-refractivity contribution in [3.63, 3.8) is 0 Å². The molecule has 172 valence electrons. The minimum absolute atomic E-state index is 0.223. The van der Waals surface area contributed by atoms with Gasteiger partial charge in [0, 0.05) is 45.6 Å². The zero-order valence-electron chi connectivity index (χ0n) is 18.6. The molecular weight excluding hydrogens is 428 g/mol. The zero-order valence-corrected chi connectivity index (χ0v) is 19.4. The monoisotopic (exact) mass is 458 g/mol. The van der Waals surface area contributed by atoms with E-state index in [-0.39, 0.29) is 5.91 Å². The van der Waals surface area contributed by atoms with Crippen molar-refractivity contribution in [1.82, 2.24) is 9.80 Å². The van der Waals surface area contributed by atoms with Gasteiger partial charge in [-0.05, 0) is 48.2 Å². The third-order valence-corrected chi connectivity index (χ3v) is 6.28. The van der Waals surface area contributed by atoms with E-state index in [1.54, 1.807) is 7.11 Å². The summed E-state index contributed by atoms with van der Waals surface area (Å²) in [6, 6.07) is 11.9. The predicted octanol–water partition coefficient (Wildman–Crippen LogP) is 4.18. The van der Waals surface area contributed by atoms with Crippen LogP contribution in [0.15, 0.2) is 36.4 Å². The lowest BCUT2D eigenvalue weighted by Crippen LogP contribution is -2.35. The molecule has 0 radical (unpaired) electrons. The first-order valence-electron chi connectivity index (χ1n) is 11.3. The van der Waals surface area contributed by atoms with Crippen LogP contribution in [0, 0.1) is 0 Å². The lowest BCUT2D eigenvalue weighted by Gasteiger charge is -2.22. The second-order valence-electron chi connectivity index (χ2n) is 8.31. The summed E-state index contributed by atoms with van der Waals surface area (Å²) in [5.74, 6) is 2.44. The van der Waals surface area contributed by atoms with Crippen LogP contribution < -0.4 is 14.2 Å². The number of fused-ring (bicyclic) bond motifs is 1. The van der Waals surface area contributed by atoms with E-state index < -0.39 is 0 Å². The van der Waals surface area contributed by atoms with Gasteiger partial charge >= 0.3 is 0 Å². The standard InChI is InChI=1S/C25H31ClN2O4/c1-30-21-7-4-19(5-8-21)6-9-24(29)28-11-2-10-27(12-13-28)18-20-16-22(26)25-23(17-20)31-14-3-15-32-25/h4-5,7-8,16-17H,2-3,6,9-15,18H2,1H3. The van der Waals surface area contributed by atoms with Crippen LogP contribution in [0.1, 0.15) is 30.4 Å². The van der Waals surface area contributed by atoms with Gasteiger partial charge in [0.15, 0.2) is 11.5 Å². The molecule has 7 heteroatoms. The van der Waals surface area contributed by atoms with Crippen molar-refractivity contribution < 1.29 is 19.0 Å². The summed E-state index contributed by atoms with van der Waals surface area (Å²) in [5.41, 5.74) is 2.26. The molecule has 2 aromatic carbocycles. The Morgan fingerprint density at radius 3 is 2.62 bits per heavy atom. The molecule has 32 heavy (non-hydrogen) atoms. The Bertz CT molecular complexity index is 919. The Balaban J connectivity index is 1.29. The zero-order chi connectivity index (χ0) is 22.3. The van der Waals surface area contributed by atoms with E-state index in [1.165, 1.54) is 0 Å². The number of amides is 1. The van der Waals surface area contributed by atoms with Gasteiger partial charge in [0.2, 0.25) is 5.91 Å². The second kappa shape index (κ2) is 10.9. The van der Waals surface area contributed by atoms with Gasteiger partial charge in [-0.1, -0.05) is 23.7 Å². The van der Waals surface area contributed by atoms with Crippen molar-refractivity contribution in [3.05, 3.63) is 52.5 Å². The van der Waals surface area contributed by atoms with Gasteiger partial charge in [0.05, 0.1) is 25.3 Å². The highest BCUT2D eigenvalue weighted by molar-refractivity contribution is 6.32. The Labute approximate surface area is 195 Å². The molecule has 0 N–H and O–H groups in total. The molecule has 2 aliphatic rings. The minimum Gasteiger partial charge on any atom is -0.497 e. The maximum atomic E-state index is 12.8. The molecule has 0 atom stereocenters. The molecule has 0 saturated carbocycles. The molecule has 2 aromatic rings. The van der Waals surface area contributed by atoms with E-state index in [0.29, 0.717) is 30.4 Å². The fourth-order valence-electron chi connectivity index (χ4n) is 4.21. The third-order valence-electron chi connectivity index (χ3n) is 6.00. The van der Waals surface area contributed by atoms with E-state index in [1.807, 2.05) is 41.3 Å². The Morgan fingerprint density at radius 1 is 1.00 bits per heavy atom. The average Bonchev–Trinajstić information content (AvgIpc) is 3.19. The lowest BCUT2D eigenvalue weighted by molar-refractivity contribution is -0.131. The van der Waals surface area contributed by atoms with Crippen molar-refractivity contribution in [2.45, 2.75) is 32.2 Å². The molecule has 2 heterocycles. The molecule has 1 fully saturated rings. The number of carbonyl (C=O) groups is 1. The molecular formula is C25H31ClN2O4. The van der Waals surface area contributed by atoms with Crippen LogP contribution in [0.5, 0.6) is 17.2 Å². The first kappa shape index (κ1) is 22.7. The third kappa shape index (κ3) is 5.87. The topological polar surface area (TPSA) is 51.2 Å². The first-order chi connectivity index (χ1) is 15.6. The maximum absolute atomic E-state index is 12.8. The van der Waals surface area contributed by atoms with Gasteiger partial charge in [-0.25, -0.2) is 0 Å². The van der Waals surface area contributed by atoms with Gasteiger partial charge in [-0.2, -0.15) is 0 Å². The molecule has 0 bridgehead atoms. The molecule has 1 amide bonds. The first-order valence-corrected chi connectivity index (χ1v) is 11.7. The molecule has 2 aliphatic heterocycles. The van der Waals surface area contributed by atoms with Crippen LogP contribution >= 0.6 is 11.6 Å². The molecule has 0 spiro atoms. The fraction of sp³-hybridized carbons (Fsp3) is 0.480. The lowest BCUT2D eigenvalue weighted by atomic mass is 10.1.